The summed E-state index contributed by atoms with van der Waals surface area (Å²) in [6.45, 7) is 0. The number of alkyl halides is 6. The molecule has 3 rings (SSSR count). The lowest BCUT2D eigenvalue weighted by Gasteiger charge is -2.17. The molecular weight excluding hydrogens is 426 g/mol. The number of amides is 1. The first-order chi connectivity index (χ1) is 14.5. The predicted octanol–water partition coefficient (Wildman–Crippen LogP) is 6.60. The van der Waals surface area contributed by atoms with Gasteiger partial charge in [-0.2, -0.15) is 13.2 Å². The van der Waals surface area contributed by atoms with E-state index >= 15 is 0 Å². The van der Waals surface area contributed by atoms with Crippen molar-refractivity contribution >= 4 is 23.0 Å². The molecular formula is C21H14F6N2O2. The molecule has 0 atom stereocenters. The van der Waals surface area contributed by atoms with Crippen molar-refractivity contribution < 1.29 is 35.9 Å². The van der Waals surface area contributed by atoms with Gasteiger partial charge in [-0.25, -0.2) is 0 Å². The van der Waals surface area contributed by atoms with Gasteiger partial charge in [-0.05, 0) is 48.5 Å². The molecule has 10 heteroatoms. The van der Waals surface area contributed by atoms with E-state index in [0.29, 0.717) is 5.69 Å². The van der Waals surface area contributed by atoms with Gasteiger partial charge in [-0.15, -0.1) is 13.2 Å². The summed E-state index contributed by atoms with van der Waals surface area (Å²) < 4.78 is 81.0. The molecule has 4 nitrogen and oxygen atoms in total. The van der Waals surface area contributed by atoms with Crippen molar-refractivity contribution in [3.63, 3.8) is 0 Å². The molecule has 0 fully saturated rings. The van der Waals surface area contributed by atoms with E-state index in [1.807, 2.05) is 0 Å². The van der Waals surface area contributed by atoms with Gasteiger partial charge in [-0.3, -0.25) is 4.79 Å². The summed E-state index contributed by atoms with van der Waals surface area (Å²) in [5, 5.41) is 5.03. The van der Waals surface area contributed by atoms with Crippen LogP contribution in [0, 0.1) is 0 Å². The second-order valence-electron chi connectivity index (χ2n) is 6.28. The maximum atomic E-state index is 12.9. The maximum absolute atomic E-state index is 12.9. The second-order valence-corrected chi connectivity index (χ2v) is 6.28. The third-order valence-corrected chi connectivity index (χ3v) is 3.97. The second kappa shape index (κ2) is 8.58. The van der Waals surface area contributed by atoms with E-state index in [4.69, 9.17) is 0 Å². The number of benzene rings is 3. The number of rotatable bonds is 5. The van der Waals surface area contributed by atoms with E-state index in [1.54, 1.807) is 30.3 Å². The lowest BCUT2D eigenvalue weighted by Crippen LogP contribution is -2.18. The fourth-order valence-corrected chi connectivity index (χ4v) is 2.64. The Balaban J connectivity index is 1.94. The van der Waals surface area contributed by atoms with E-state index in [2.05, 4.69) is 15.4 Å². The summed E-state index contributed by atoms with van der Waals surface area (Å²) in [6.07, 6.45) is -9.68. The summed E-state index contributed by atoms with van der Waals surface area (Å²) in [7, 11) is 0. The Hall–Kier alpha value is -3.69. The van der Waals surface area contributed by atoms with Crippen molar-refractivity contribution in [3.05, 3.63) is 83.9 Å². The van der Waals surface area contributed by atoms with Crippen LogP contribution in [-0.2, 0) is 6.18 Å². The van der Waals surface area contributed by atoms with Gasteiger partial charge in [-0.1, -0.05) is 24.3 Å². The topological polar surface area (TPSA) is 50.4 Å². The normalized spacial score (nSPS) is 11.7. The first kappa shape index (κ1) is 22.0. The standard InChI is InChI=1S/C21H14F6N2O2/c22-20(23,24)14-5-4-8-16(12-14)28-17-11-13(9-10-18(17)31-21(25,26)27)19(30)29-15-6-2-1-3-7-15/h1-12,28H,(H,29,30). The van der Waals surface area contributed by atoms with Crippen LogP contribution in [0.25, 0.3) is 0 Å². The molecule has 0 aromatic heterocycles. The Morgan fingerprint density at radius 2 is 1.45 bits per heavy atom. The fourth-order valence-electron chi connectivity index (χ4n) is 2.64. The predicted molar refractivity (Wildman–Crippen MR) is 102 cm³/mol. The molecule has 31 heavy (non-hydrogen) atoms. The highest BCUT2D eigenvalue weighted by atomic mass is 19.4. The van der Waals surface area contributed by atoms with Crippen molar-refractivity contribution in [2.24, 2.45) is 0 Å². The zero-order valence-electron chi connectivity index (χ0n) is 15.5. The Kier molecular flexibility index (Phi) is 6.09. The van der Waals surface area contributed by atoms with E-state index in [0.717, 1.165) is 36.4 Å². The number of halogens is 6. The first-order valence-corrected chi connectivity index (χ1v) is 8.72. The highest BCUT2D eigenvalue weighted by Gasteiger charge is 2.33. The molecule has 0 bridgehead atoms. The van der Waals surface area contributed by atoms with Crippen molar-refractivity contribution in [2.75, 3.05) is 10.6 Å². The van der Waals surface area contributed by atoms with Crippen LogP contribution in [0.15, 0.2) is 72.8 Å². The van der Waals surface area contributed by atoms with Gasteiger partial charge in [0.15, 0.2) is 5.75 Å². The summed E-state index contributed by atoms with van der Waals surface area (Å²) >= 11 is 0. The van der Waals surface area contributed by atoms with Gasteiger partial charge in [0.05, 0.1) is 11.3 Å². The van der Waals surface area contributed by atoms with E-state index < -0.39 is 29.8 Å². The molecule has 0 heterocycles. The summed E-state index contributed by atoms with van der Waals surface area (Å²) in [5.74, 6) is -1.34. The van der Waals surface area contributed by atoms with Crippen molar-refractivity contribution in [2.45, 2.75) is 12.5 Å². The minimum atomic E-state index is -5.04. The Morgan fingerprint density at radius 1 is 0.774 bits per heavy atom. The molecule has 1 amide bonds. The third kappa shape index (κ3) is 6.14. The fraction of sp³-hybridized carbons (Fsp3) is 0.0952. The molecule has 2 N–H and O–H groups in total. The lowest BCUT2D eigenvalue weighted by atomic mass is 10.1. The number of ether oxygens (including phenoxy) is 1. The highest BCUT2D eigenvalue weighted by molar-refractivity contribution is 6.05. The number of hydrogen-bond acceptors (Lipinski definition) is 3. The van der Waals surface area contributed by atoms with Crippen LogP contribution in [0.2, 0.25) is 0 Å². The van der Waals surface area contributed by atoms with Crippen LogP contribution in [0.1, 0.15) is 15.9 Å². The van der Waals surface area contributed by atoms with Gasteiger partial charge >= 0.3 is 12.5 Å². The maximum Gasteiger partial charge on any atom is 0.573 e. The number of carbonyl (C=O) groups is 1. The van der Waals surface area contributed by atoms with Crippen LogP contribution in [0.3, 0.4) is 0 Å². The smallest absolute Gasteiger partial charge is 0.404 e. The van der Waals surface area contributed by atoms with Crippen molar-refractivity contribution in [3.8, 4) is 5.75 Å². The van der Waals surface area contributed by atoms with Gasteiger partial charge in [0.2, 0.25) is 0 Å². The number of anilines is 3. The van der Waals surface area contributed by atoms with Crippen molar-refractivity contribution in [1.29, 1.82) is 0 Å². The Labute approximate surface area is 172 Å². The molecule has 3 aromatic carbocycles. The van der Waals surface area contributed by atoms with Crippen LogP contribution in [-0.4, -0.2) is 12.3 Å². The van der Waals surface area contributed by atoms with Crippen LogP contribution in [0.4, 0.5) is 43.4 Å². The average molecular weight is 440 g/mol. The van der Waals surface area contributed by atoms with Crippen LogP contribution in [0.5, 0.6) is 5.75 Å². The number of nitrogens with one attached hydrogen (secondary N) is 2. The quantitative estimate of drug-likeness (QED) is 0.440. The molecule has 0 aliphatic heterocycles. The molecule has 0 saturated carbocycles. The van der Waals surface area contributed by atoms with Crippen molar-refractivity contribution in [1.82, 2.24) is 0 Å². The molecule has 0 aliphatic rings. The average Bonchev–Trinajstić information content (AvgIpc) is 2.68. The largest absolute Gasteiger partial charge is 0.573 e. The van der Waals surface area contributed by atoms with E-state index in [1.165, 1.54) is 6.07 Å². The molecule has 0 radical (unpaired) electrons. The van der Waals surface area contributed by atoms with Gasteiger partial charge in [0.1, 0.15) is 0 Å². The molecule has 0 aliphatic carbocycles. The molecule has 162 valence electrons. The minimum absolute atomic E-state index is 0.0344. The highest BCUT2D eigenvalue weighted by Crippen LogP contribution is 2.35. The first-order valence-electron chi connectivity index (χ1n) is 8.72. The molecule has 0 saturated heterocycles. The third-order valence-electron chi connectivity index (χ3n) is 3.97. The minimum Gasteiger partial charge on any atom is -0.404 e. The molecule has 3 aromatic rings. The van der Waals surface area contributed by atoms with Gasteiger partial charge in [0, 0.05) is 16.9 Å². The Bertz CT molecular complexity index is 1070. The summed E-state index contributed by atoms with van der Waals surface area (Å²) in [5.41, 5.74) is -1.04. The number of para-hydroxylation sites is 1. The number of hydrogen-bond donors (Lipinski definition) is 2. The monoisotopic (exact) mass is 440 g/mol. The SMILES string of the molecule is O=C(Nc1ccccc1)c1ccc(OC(F)(F)F)c(Nc2cccc(C(F)(F)F)c2)c1. The lowest BCUT2D eigenvalue weighted by molar-refractivity contribution is -0.274. The van der Waals surface area contributed by atoms with E-state index in [9.17, 15) is 31.1 Å². The van der Waals surface area contributed by atoms with Crippen LogP contribution >= 0.6 is 0 Å². The van der Waals surface area contributed by atoms with Crippen LogP contribution < -0.4 is 15.4 Å². The number of carbonyl (C=O) groups excluding carboxylic acids is 1. The van der Waals surface area contributed by atoms with E-state index in [-0.39, 0.29) is 16.9 Å². The zero-order chi connectivity index (χ0) is 22.6. The summed E-state index contributed by atoms with van der Waals surface area (Å²) in [6, 6.07) is 15.3. The van der Waals surface area contributed by atoms with Gasteiger partial charge < -0.3 is 15.4 Å². The van der Waals surface area contributed by atoms with Gasteiger partial charge in [0.25, 0.3) is 5.91 Å². The Morgan fingerprint density at radius 3 is 2.10 bits per heavy atom. The summed E-state index contributed by atoms with van der Waals surface area (Å²) in [4.78, 5) is 12.5. The zero-order valence-corrected chi connectivity index (χ0v) is 15.5. The molecule has 0 unspecified atom stereocenters. The molecule has 0 spiro atoms.